The number of urea groups is 1. The molecule has 3 N–H and O–H groups in total. The monoisotopic (exact) mass is 259 g/mol. The third-order valence-corrected chi connectivity index (χ3v) is 2.52. The summed E-state index contributed by atoms with van der Waals surface area (Å²) in [6.45, 7) is 6.47. The molecule has 1 unspecified atom stereocenters. The number of rotatable bonds is 7. The number of carbonyl (C=O) groups is 3. The van der Waals surface area contributed by atoms with Gasteiger partial charge in [-0.1, -0.05) is 6.92 Å². The molecule has 0 radical (unpaired) electrons. The number of nitrogens with one attached hydrogen (secondary N) is 2. The molecule has 3 amide bonds. The predicted molar refractivity (Wildman–Crippen MR) is 66.2 cm³/mol. The summed E-state index contributed by atoms with van der Waals surface area (Å²) in [5, 5.41) is 13.3. The maximum absolute atomic E-state index is 11.7. The minimum absolute atomic E-state index is 0.0351. The second kappa shape index (κ2) is 8.46. The third-order valence-electron chi connectivity index (χ3n) is 2.52. The first-order chi connectivity index (χ1) is 8.42. The summed E-state index contributed by atoms with van der Waals surface area (Å²) in [5.74, 6) is -1.35. The van der Waals surface area contributed by atoms with Crippen LogP contribution in [0.25, 0.3) is 0 Å². The van der Waals surface area contributed by atoms with Gasteiger partial charge in [0.25, 0.3) is 0 Å². The predicted octanol–water partition coefficient (Wildman–Crippen LogP) is 0.0172. The molecule has 0 bridgehead atoms. The topological polar surface area (TPSA) is 98.7 Å². The molecule has 7 nitrogen and oxygen atoms in total. The molecular weight excluding hydrogens is 238 g/mol. The van der Waals surface area contributed by atoms with Crippen LogP contribution in [0.15, 0.2) is 0 Å². The van der Waals surface area contributed by atoms with Gasteiger partial charge in [0.15, 0.2) is 0 Å². The van der Waals surface area contributed by atoms with Crippen molar-refractivity contribution in [3.8, 4) is 0 Å². The van der Waals surface area contributed by atoms with Crippen LogP contribution < -0.4 is 10.6 Å². The fourth-order valence-electron chi connectivity index (χ4n) is 1.45. The second-order valence-electron chi connectivity index (χ2n) is 3.80. The van der Waals surface area contributed by atoms with Gasteiger partial charge in [0.05, 0.1) is 12.5 Å². The maximum Gasteiger partial charge on any atom is 0.321 e. The lowest BCUT2D eigenvalue weighted by Gasteiger charge is -2.25. The number of hydrogen-bond acceptors (Lipinski definition) is 4. The van der Waals surface area contributed by atoms with Crippen molar-refractivity contribution in [3.63, 3.8) is 0 Å². The smallest absolute Gasteiger partial charge is 0.321 e. The highest BCUT2D eigenvalue weighted by atomic mass is 16.4. The highest BCUT2D eigenvalue weighted by Crippen LogP contribution is 2.00. The van der Waals surface area contributed by atoms with Crippen molar-refractivity contribution >= 4 is 17.9 Å². The minimum Gasteiger partial charge on any atom is -0.481 e. The number of aliphatic carboxylic acids is 1. The van der Waals surface area contributed by atoms with Crippen LogP contribution in [0.2, 0.25) is 0 Å². The summed E-state index contributed by atoms with van der Waals surface area (Å²) in [4.78, 5) is 35.1. The minimum atomic E-state index is -0.912. The van der Waals surface area contributed by atoms with E-state index in [2.05, 4.69) is 10.6 Å². The molecule has 0 saturated carbocycles. The molecule has 0 aromatic carbocycles. The van der Waals surface area contributed by atoms with E-state index < -0.39 is 23.9 Å². The molecule has 18 heavy (non-hydrogen) atoms. The van der Waals surface area contributed by atoms with Gasteiger partial charge in [-0.3, -0.25) is 19.8 Å². The van der Waals surface area contributed by atoms with E-state index in [1.165, 1.54) is 0 Å². The Morgan fingerprint density at radius 1 is 1.28 bits per heavy atom. The van der Waals surface area contributed by atoms with Crippen LogP contribution in [0.3, 0.4) is 0 Å². The van der Waals surface area contributed by atoms with E-state index in [-0.39, 0.29) is 13.0 Å². The molecule has 0 aromatic heterocycles. The van der Waals surface area contributed by atoms with Crippen molar-refractivity contribution in [1.82, 2.24) is 15.5 Å². The molecule has 0 aromatic rings. The summed E-state index contributed by atoms with van der Waals surface area (Å²) in [6.07, 6.45) is -0.0351. The molecule has 0 aliphatic rings. The van der Waals surface area contributed by atoms with Crippen LogP contribution in [0, 0.1) is 0 Å². The first-order valence-corrected chi connectivity index (χ1v) is 5.96. The molecule has 0 rings (SSSR count). The fraction of sp³-hybridized carbons (Fsp3) is 0.727. The zero-order valence-electron chi connectivity index (χ0n) is 11.0. The summed E-state index contributed by atoms with van der Waals surface area (Å²) < 4.78 is 0. The Balaban J connectivity index is 4.30. The van der Waals surface area contributed by atoms with E-state index in [1.807, 2.05) is 6.92 Å². The van der Waals surface area contributed by atoms with E-state index >= 15 is 0 Å². The summed E-state index contributed by atoms with van der Waals surface area (Å²) in [7, 11) is 0. The number of amides is 3. The molecule has 7 heteroatoms. The van der Waals surface area contributed by atoms with Crippen molar-refractivity contribution in [2.24, 2.45) is 0 Å². The largest absolute Gasteiger partial charge is 0.481 e. The Morgan fingerprint density at radius 2 is 1.89 bits per heavy atom. The van der Waals surface area contributed by atoms with E-state index in [0.29, 0.717) is 13.1 Å². The molecule has 0 saturated heterocycles. The Morgan fingerprint density at radius 3 is 2.33 bits per heavy atom. The maximum atomic E-state index is 11.7. The number of carbonyl (C=O) groups excluding carboxylic acids is 2. The molecular formula is C11H21N3O4. The van der Waals surface area contributed by atoms with Crippen molar-refractivity contribution in [1.29, 1.82) is 0 Å². The highest BCUT2D eigenvalue weighted by molar-refractivity contribution is 5.96. The van der Waals surface area contributed by atoms with Crippen LogP contribution in [-0.4, -0.2) is 53.6 Å². The molecule has 0 aliphatic carbocycles. The van der Waals surface area contributed by atoms with Gasteiger partial charge in [0.2, 0.25) is 5.91 Å². The van der Waals surface area contributed by atoms with Crippen LogP contribution in [-0.2, 0) is 9.59 Å². The molecule has 0 spiro atoms. The Bertz CT molecular complexity index is 307. The van der Waals surface area contributed by atoms with Gasteiger partial charge in [-0.05, 0) is 20.4 Å². The van der Waals surface area contributed by atoms with Gasteiger partial charge in [-0.25, -0.2) is 4.79 Å². The van der Waals surface area contributed by atoms with Crippen molar-refractivity contribution in [3.05, 3.63) is 0 Å². The lowest BCUT2D eigenvalue weighted by molar-refractivity contribution is -0.138. The first-order valence-electron chi connectivity index (χ1n) is 5.96. The van der Waals surface area contributed by atoms with Gasteiger partial charge >= 0.3 is 12.0 Å². The standard InChI is InChI=1S/C11H21N3O4/c1-4-12-11(18)13-10(17)8(3)14(5-2)7-6-9(15)16/h8H,4-7H2,1-3H3,(H,15,16)(H2,12,13,17,18). The number of hydrogen-bond donors (Lipinski definition) is 3. The van der Waals surface area contributed by atoms with Crippen molar-refractivity contribution in [2.45, 2.75) is 33.2 Å². The fourth-order valence-corrected chi connectivity index (χ4v) is 1.45. The zero-order chi connectivity index (χ0) is 14.1. The van der Waals surface area contributed by atoms with Gasteiger partial charge in [0.1, 0.15) is 0 Å². The number of likely N-dealkylation sites (N-methyl/N-ethyl adjacent to an activating group) is 1. The van der Waals surface area contributed by atoms with E-state index in [4.69, 9.17) is 5.11 Å². The average Bonchev–Trinajstić information content (AvgIpc) is 2.29. The summed E-state index contributed by atoms with van der Waals surface area (Å²) in [6, 6.07) is -1.08. The number of carboxylic acid groups (broad SMARTS) is 1. The van der Waals surface area contributed by atoms with E-state index in [1.54, 1.807) is 18.7 Å². The molecule has 0 heterocycles. The van der Waals surface area contributed by atoms with E-state index in [0.717, 1.165) is 0 Å². The Labute approximate surface area is 107 Å². The van der Waals surface area contributed by atoms with Gasteiger partial charge in [-0.15, -0.1) is 0 Å². The molecule has 0 aliphatic heterocycles. The van der Waals surface area contributed by atoms with Gasteiger partial charge in [0, 0.05) is 13.1 Å². The molecule has 104 valence electrons. The Hall–Kier alpha value is -1.63. The SMILES string of the molecule is CCNC(=O)NC(=O)C(C)N(CC)CCC(=O)O. The average molecular weight is 259 g/mol. The quantitative estimate of drug-likeness (QED) is 0.598. The third kappa shape index (κ3) is 6.19. The summed E-state index contributed by atoms with van der Waals surface area (Å²) in [5.41, 5.74) is 0. The van der Waals surface area contributed by atoms with E-state index in [9.17, 15) is 14.4 Å². The van der Waals surface area contributed by atoms with Crippen molar-refractivity contribution < 1.29 is 19.5 Å². The summed E-state index contributed by atoms with van der Waals surface area (Å²) >= 11 is 0. The Kier molecular flexibility index (Phi) is 7.69. The lowest BCUT2D eigenvalue weighted by atomic mass is 10.2. The van der Waals surface area contributed by atoms with Crippen LogP contribution >= 0.6 is 0 Å². The van der Waals surface area contributed by atoms with Gasteiger partial charge in [-0.2, -0.15) is 0 Å². The first kappa shape index (κ1) is 16.4. The number of nitrogens with zero attached hydrogens (tertiary/aromatic N) is 1. The lowest BCUT2D eigenvalue weighted by Crippen LogP contribution is -2.50. The normalized spacial score (nSPS) is 12.0. The zero-order valence-corrected chi connectivity index (χ0v) is 11.0. The van der Waals surface area contributed by atoms with Crippen LogP contribution in [0.5, 0.6) is 0 Å². The van der Waals surface area contributed by atoms with Crippen LogP contribution in [0.4, 0.5) is 4.79 Å². The van der Waals surface area contributed by atoms with Gasteiger partial charge < -0.3 is 10.4 Å². The second-order valence-corrected chi connectivity index (χ2v) is 3.80. The highest BCUT2D eigenvalue weighted by Gasteiger charge is 2.21. The molecule has 0 fully saturated rings. The van der Waals surface area contributed by atoms with Crippen molar-refractivity contribution in [2.75, 3.05) is 19.6 Å². The number of imide groups is 1. The van der Waals surface area contributed by atoms with Crippen LogP contribution in [0.1, 0.15) is 27.2 Å². The number of carboxylic acids is 1. The molecule has 1 atom stereocenters.